The van der Waals surface area contributed by atoms with Gasteiger partial charge in [0, 0.05) is 5.56 Å². The lowest BCUT2D eigenvalue weighted by Crippen LogP contribution is -2.39. The van der Waals surface area contributed by atoms with Gasteiger partial charge >= 0.3 is 0 Å². The number of ether oxygens (including phenoxy) is 1. The zero-order chi connectivity index (χ0) is 28.1. The van der Waals surface area contributed by atoms with Crippen LogP contribution in [-0.4, -0.2) is 33.7 Å². The number of anilines is 1. The first-order chi connectivity index (χ1) is 18.8. The van der Waals surface area contributed by atoms with Crippen molar-refractivity contribution in [3.8, 4) is 5.75 Å². The van der Waals surface area contributed by atoms with E-state index in [0.717, 1.165) is 28.3 Å². The molecule has 0 bridgehead atoms. The van der Waals surface area contributed by atoms with Crippen LogP contribution in [0.1, 0.15) is 69.9 Å². The summed E-state index contributed by atoms with van der Waals surface area (Å²) in [7, 11) is -3.98. The molecule has 0 atom stereocenters. The van der Waals surface area contributed by atoms with Crippen molar-refractivity contribution >= 4 is 27.8 Å². The lowest BCUT2D eigenvalue weighted by atomic mass is 10.0. The van der Waals surface area contributed by atoms with E-state index in [0.29, 0.717) is 24.0 Å². The van der Waals surface area contributed by atoms with Gasteiger partial charge in [-0.1, -0.05) is 88.9 Å². The van der Waals surface area contributed by atoms with Gasteiger partial charge in [0.2, 0.25) is 0 Å². The van der Waals surface area contributed by atoms with Crippen LogP contribution >= 0.6 is 0 Å². The summed E-state index contributed by atoms with van der Waals surface area (Å²) in [6, 6.07) is 22.8. The van der Waals surface area contributed by atoms with Crippen molar-refractivity contribution in [2.75, 3.05) is 17.5 Å². The smallest absolute Gasteiger partial charge is 0.264 e. The quantitative estimate of drug-likeness (QED) is 0.133. The molecule has 1 amide bonds. The lowest BCUT2D eigenvalue weighted by Gasteiger charge is -2.24. The van der Waals surface area contributed by atoms with Gasteiger partial charge in [0.15, 0.2) is 0 Å². The maximum atomic E-state index is 13.5. The fourth-order valence-corrected chi connectivity index (χ4v) is 5.45. The Morgan fingerprint density at radius 2 is 1.59 bits per heavy atom. The van der Waals surface area contributed by atoms with Crippen molar-refractivity contribution in [2.45, 2.75) is 63.7 Å². The Morgan fingerprint density at radius 3 is 2.28 bits per heavy atom. The van der Waals surface area contributed by atoms with Gasteiger partial charge in [0.1, 0.15) is 12.3 Å². The summed E-state index contributed by atoms with van der Waals surface area (Å²) in [5.41, 5.74) is 4.68. The highest BCUT2D eigenvalue weighted by atomic mass is 32.2. The number of amides is 1. The molecule has 0 saturated heterocycles. The number of carbonyl (C=O) groups is 1. The third kappa shape index (κ3) is 8.96. The minimum absolute atomic E-state index is 0.106. The molecule has 3 rings (SSSR count). The summed E-state index contributed by atoms with van der Waals surface area (Å²) in [5.74, 6) is 0.418. The van der Waals surface area contributed by atoms with Crippen molar-refractivity contribution in [1.82, 2.24) is 5.43 Å². The summed E-state index contributed by atoms with van der Waals surface area (Å²) in [4.78, 5) is 13.0. The Bertz CT molecular complexity index is 1310. The van der Waals surface area contributed by atoms with Gasteiger partial charge in [-0.05, 0) is 54.3 Å². The van der Waals surface area contributed by atoms with Gasteiger partial charge in [-0.2, -0.15) is 5.10 Å². The predicted octanol–water partition coefficient (Wildman–Crippen LogP) is 6.50. The molecule has 208 valence electrons. The number of unbranched alkanes of at least 4 members (excludes halogenated alkanes) is 4. The first kappa shape index (κ1) is 29.9. The highest BCUT2D eigenvalue weighted by Gasteiger charge is 2.27. The predicted molar refractivity (Wildman–Crippen MR) is 158 cm³/mol. The molecule has 0 spiro atoms. The third-order valence-corrected chi connectivity index (χ3v) is 8.07. The topological polar surface area (TPSA) is 88.1 Å². The van der Waals surface area contributed by atoms with Crippen LogP contribution in [-0.2, 0) is 14.8 Å². The maximum Gasteiger partial charge on any atom is 0.264 e. The van der Waals surface area contributed by atoms with Crippen LogP contribution in [0.5, 0.6) is 5.75 Å². The Hall–Kier alpha value is -3.65. The molecular weight excluding hydrogens is 510 g/mol. The average Bonchev–Trinajstić information content (AvgIpc) is 2.95. The molecular formula is C31H39N3O4S. The Kier molecular flexibility index (Phi) is 11.6. The van der Waals surface area contributed by atoms with Gasteiger partial charge in [0.25, 0.3) is 15.9 Å². The maximum absolute atomic E-state index is 13.5. The van der Waals surface area contributed by atoms with Crippen LogP contribution in [0, 0.1) is 0 Å². The normalized spacial score (nSPS) is 11.6. The van der Waals surface area contributed by atoms with Crippen molar-refractivity contribution in [2.24, 2.45) is 5.10 Å². The summed E-state index contributed by atoms with van der Waals surface area (Å²) < 4.78 is 34.0. The summed E-state index contributed by atoms with van der Waals surface area (Å²) in [5, 5.41) is 4.08. The molecule has 1 N–H and O–H groups in total. The van der Waals surface area contributed by atoms with Crippen molar-refractivity contribution in [1.29, 1.82) is 0 Å². The minimum atomic E-state index is -3.98. The fraction of sp³-hybridized carbons (Fsp3) is 0.355. The van der Waals surface area contributed by atoms with Gasteiger partial charge in [0.05, 0.1) is 23.4 Å². The highest BCUT2D eigenvalue weighted by molar-refractivity contribution is 7.92. The largest absolute Gasteiger partial charge is 0.493 e. The van der Waals surface area contributed by atoms with Crippen LogP contribution in [0.15, 0.2) is 88.9 Å². The van der Waals surface area contributed by atoms with Crippen molar-refractivity contribution in [3.05, 3.63) is 90.0 Å². The van der Waals surface area contributed by atoms with E-state index in [1.807, 2.05) is 36.4 Å². The van der Waals surface area contributed by atoms with Crippen LogP contribution in [0.25, 0.3) is 0 Å². The SMILES string of the molecule is CCCCCCCOc1ccccc1C=NNC(=O)CN(c1ccc(C(C)C)cc1)S(=O)(=O)c1ccccc1. The van der Waals surface area contributed by atoms with Crippen LogP contribution in [0.4, 0.5) is 5.69 Å². The lowest BCUT2D eigenvalue weighted by molar-refractivity contribution is -0.119. The number of nitrogens with one attached hydrogen (secondary N) is 1. The molecule has 39 heavy (non-hydrogen) atoms. The molecule has 0 saturated carbocycles. The van der Waals surface area contributed by atoms with Crippen LogP contribution < -0.4 is 14.5 Å². The molecule has 7 nitrogen and oxygen atoms in total. The number of hydrazone groups is 1. The molecule has 0 heterocycles. The first-order valence-electron chi connectivity index (χ1n) is 13.5. The molecule has 3 aromatic rings. The number of carbonyl (C=O) groups excluding carboxylic acids is 1. The Labute approximate surface area is 233 Å². The van der Waals surface area contributed by atoms with Gasteiger partial charge in [-0.3, -0.25) is 9.10 Å². The van der Waals surface area contributed by atoms with E-state index in [9.17, 15) is 13.2 Å². The summed E-state index contributed by atoms with van der Waals surface area (Å²) in [6.45, 7) is 6.51. The number of sulfonamides is 1. The average molecular weight is 550 g/mol. The van der Waals surface area contributed by atoms with Gasteiger partial charge in [-0.25, -0.2) is 13.8 Å². The van der Waals surface area contributed by atoms with Gasteiger partial charge in [-0.15, -0.1) is 0 Å². The second-order valence-electron chi connectivity index (χ2n) is 9.66. The van der Waals surface area contributed by atoms with E-state index in [-0.39, 0.29) is 4.90 Å². The number of nitrogens with zero attached hydrogens (tertiary/aromatic N) is 2. The van der Waals surface area contributed by atoms with Crippen LogP contribution in [0.2, 0.25) is 0 Å². The first-order valence-corrected chi connectivity index (χ1v) is 15.0. The Balaban J connectivity index is 1.70. The van der Waals surface area contributed by atoms with E-state index in [2.05, 4.69) is 31.3 Å². The molecule has 3 aromatic carbocycles. The molecule has 8 heteroatoms. The number of rotatable bonds is 15. The third-order valence-electron chi connectivity index (χ3n) is 6.28. The molecule has 0 aliphatic carbocycles. The standard InChI is InChI=1S/C31H39N3O4S/c1-4-5-6-7-13-22-38-30-17-12-11-14-27(30)23-32-33-31(35)24-34(28-20-18-26(19-21-28)25(2)3)39(36,37)29-15-9-8-10-16-29/h8-12,14-21,23,25H,4-7,13,22,24H2,1-3H3,(H,33,35). The molecule has 0 aliphatic heterocycles. The van der Waals surface area contributed by atoms with Crippen LogP contribution in [0.3, 0.4) is 0 Å². The number of hydrogen-bond acceptors (Lipinski definition) is 5. The molecule has 0 unspecified atom stereocenters. The fourth-order valence-electron chi connectivity index (χ4n) is 4.01. The van der Waals surface area contributed by atoms with E-state index in [4.69, 9.17) is 4.74 Å². The van der Waals surface area contributed by atoms with Gasteiger partial charge < -0.3 is 4.74 Å². The second kappa shape index (κ2) is 15.1. The number of para-hydroxylation sites is 1. The molecule has 0 aliphatic rings. The molecule has 0 fully saturated rings. The molecule has 0 radical (unpaired) electrons. The highest BCUT2D eigenvalue weighted by Crippen LogP contribution is 2.26. The zero-order valence-electron chi connectivity index (χ0n) is 23.0. The Morgan fingerprint density at radius 1 is 0.923 bits per heavy atom. The zero-order valence-corrected chi connectivity index (χ0v) is 23.9. The minimum Gasteiger partial charge on any atom is -0.493 e. The number of benzene rings is 3. The monoisotopic (exact) mass is 549 g/mol. The van der Waals surface area contributed by atoms with E-state index >= 15 is 0 Å². The van der Waals surface area contributed by atoms with E-state index in [1.54, 1.807) is 30.3 Å². The van der Waals surface area contributed by atoms with Crippen molar-refractivity contribution in [3.63, 3.8) is 0 Å². The molecule has 0 aromatic heterocycles. The summed E-state index contributed by atoms with van der Waals surface area (Å²) >= 11 is 0. The van der Waals surface area contributed by atoms with Crippen molar-refractivity contribution < 1.29 is 17.9 Å². The van der Waals surface area contributed by atoms with E-state index in [1.165, 1.54) is 37.6 Å². The second-order valence-corrected chi connectivity index (χ2v) is 11.5. The summed E-state index contributed by atoms with van der Waals surface area (Å²) in [6.07, 6.45) is 7.25. The number of hydrogen-bond donors (Lipinski definition) is 1. The van der Waals surface area contributed by atoms with E-state index < -0.39 is 22.5 Å².